The highest BCUT2D eigenvalue weighted by Gasteiger charge is 2.63. The first-order valence-corrected chi connectivity index (χ1v) is 35.2. The Bertz CT molecular complexity index is 2650. The molecule has 5 aliphatic rings. The van der Waals surface area contributed by atoms with E-state index in [0.717, 1.165) is 0 Å². The van der Waals surface area contributed by atoms with Crippen LogP contribution in [0.3, 0.4) is 0 Å². The minimum Gasteiger partial charge on any atom is -0.477 e. The third-order valence-corrected chi connectivity index (χ3v) is 19.4. The van der Waals surface area contributed by atoms with E-state index >= 15 is 0 Å². The highest BCUT2D eigenvalue weighted by atomic mass is 31.3. The monoisotopic (exact) mass is 1510 g/mol. The van der Waals surface area contributed by atoms with Gasteiger partial charge in [-0.15, -0.1) is 0 Å². The van der Waals surface area contributed by atoms with E-state index < -0.39 is 295 Å². The molecule has 29 N–H and O–H groups in total. The molecular weight excluding hydrogens is 1430 g/mol. The van der Waals surface area contributed by atoms with Crippen molar-refractivity contribution in [2.45, 2.75) is 178 Å². The zero-order valence-corrected chi connectivity index (χ0v) is 53.2. The standard InChI is InChI=1S/C41H80N3O46P5/c42-1-4-74-92(66,67)87-18(12-49)29-19(53)20(54)34(83-37-24(58)32(89-93(68,69)75-5-2-43)23(57)26(78-37)13(50)8-45)39(80-29)82-33-25(59)38(79-27(14(51)9-46)35(33)84-36-22(56)21(55)30(17(11-48)77-36)88-91(63,64)65)81-31-16(86-95(72,73)90-94(70,71)76-6-3-44)7-41(62,40(60)61)85-28(31)15(52)10-47/h13-39,45-59,62H,1-12,42-44H2,(H,60,61)(H,66,67)(H,68,69)(H,70,71)(H,72,73)(H2,63,64,65)/t13-,14-,15+,16+,17+,18-,19-,20-,21+,22+,23+,24-,25-,26+,27+,28+,29+,30+,31+,32-,33+,34-,35+,36-,37+,38+,39+,41+/m0/s1. The van der Waals surface area contributed by atoms with E-state index in [9.17, 15) is 144 Å². The quantitative estimate of drug-likeness (QED) is 0.0257. The van der Waals surface area contributed by atoms with Gasteiger partial charge >= 0.3 is 45.1 Å². The lowest BCUT2D eigenvalue weighted by atomic mass is 9.91. The second-order valence-electron chi connectivity index (χ2n) is 21.0. The Kier molecular flexibility index (Phi) is 32.0. The van der Waals surface area contributed by atoms with Crippen molar-refractivity contribution in [1.82, 2.24) is 0 Å². The van der Waals surface area contributed by atoms with Crippen LogP contribution in [0.2, 0.25) is 0 Å². The number of nitrogens with two attached hydrogens (primary N) is 3. The van der Waals surface area contributed by atoms with E-state index in [4.69, 9.17) is 77.9 Å². The number of phosphoric ester groups is 5. The number of phosphoric acid groups is 5. The van der Waals surface area contributed by atoms with Crippen molar-refractivity contribution < 1.29 is 222 Å². The zero-order chi connectivity index (χ0) is 71.7. The third kappa shape index (κ3) is 22.2. The minimum absolute atomic E-state index is 0.443. The summed E-state index contributed by atoms with van der Waals surface area (Å²) in [5.41, 5.74) is 15.9. The molecule has 5 aliphatic heterocycles. The zero-order valence-electron chi connectivity index (χ0n) is 48.7. The summed E-state index contributed by atoms with van der Waals surface area (Å²) in [6.45, 7) is -11.2. The van der Waals surface area contributed by atoms with Gasteiger partial charge in [-0.05, 0) is 0 Å². The minimum atomic E-state index is -6.30. The van der Waals surface area contributed by atoms with Gasteiger partial charge in [-0.3, -0.25) is 31.7 Å². The molecule has 4 unspecified atom stereocenters. The SMILES string of the molecule is NCCOP(=O)(O)O[C@@H]1[C@H](O)[C@@H](O[C@@H]2[C@@H](O[C@@H]3[C@H](O)[C@@H](O[C@H]4[C@@H]([C@H](O)CO)O[C@@](O)(C(=O)O)C[C@H]4OP(=O)(O)OP(=O)(O)OCCN)O[C@H]([C@@H](O)CO)[C@H]3O[C@@H]3O[C@H](CO)[C@@H](OP(=O)(O)O)[C@H](O)[C@H]3O)O[C@H]([C@H](CO)OP(=O)(O)OCCN)[C@@H](O)[C@@H]2O)O[C@H]([C@@H](O)CO)[C@H]1O. The molecule has 0 bridgehead atoms. The summed E-state index contributed by atoms with van der Waals surface area (Å²) in [5, 5.41) is 188. The van der Waals surface area contributed by atoms with Crippen LogP contribution in [0.1, 0.15) is 6.42 Å². The summed E-state index contributed by atoms with van der Waals surface area (Å²) in [7, 11) is -28.7. The van der Waals surface area contributed by atoms with Gasteiger partial charge in [0.15, 0.2) is 25.2 Å². The lowest BCUT2D eigenvalue weighted by Crippen LogP contribution is -2.70. The number of aliphatic carboxylic acids is 1. The maximum absolute atomic E-state index is 13.5. The number of rotatable bonds is 37. The molecule has 560 valence electrons. The largest absolute Gasteiger partial charge is 0.481 e. The molecule has 5 fully saturated rings. The number of hydrogen-bond donors (Lipinski definition) is 26. The van der Waals surface area contributed by atoms with Gasteiger partial charge in [0, 0.05) is 26.1 Å². The molecule has 49 nitrogen and oxygen atoms in total. The molecule has 95 heavy (non-hydrogen) atoms. The fourth-order valence-electron chi connectivity index (χ4n) is 9.88. The maximum Gasteiger partial charge on any atom is 0.481 e. The van der Waals surface area contributed by atoms with Gasteiger partial charge in [0.2, 0.25) is 0 Å². The molecule has 54 heteroatoms. The summed E-state index contributed by atoms with van der Waals surface area (Å²) in [6, 6.07) is 0. The van der Waals surface area contributed by atoms with Crippen molar-refractivity contribution in [2.24, 2.45) is 17.2 Å². The molecule has 0 aromatic carbocycles. The molecule has 0 radical (unpaired) electrons. The first-order valence-electron chi connectivity index (χ1n) is 27.7. The van der Waals surface area contributed by atoms with Gasteiger partial charge in [-0.2, -0.15) is 4.31 Å². The van der Waals surface area contributed by atoms with E-state index in [0.29, 0.717) is 0 Å². The van der Waals surface area contributed by atoms with Crippen LogP contribution in [-0.2, 0) is 106 Å². The molecular formula is C41H80N3O46P5. The van der Waals surface area contributed by atoms with Crippen LogP contribution in [0.5, 0.6) is 0 Å². The second-order valence-corrected chi connectivity index (χ2v) is 28.0. The molecule has 0 saturated carbocycles. The van der Waals surface area contributed by atoms with E-state index in [1.54, 1.807) is 0 Å². The Morgan fingerprint density at radius 2 is 0.937 bits per heavy atom. The van der Waals surface area contributed by atoms with Crippen molar-refractivity contribution in [2.75, 3.05) is 72.5 Å². The van der Waals surface area contributed by atoms with Crippen LogP contribution in [0.15, 0.2) is 0 Å². The lowest BCUT2D eigenvalue weighted by Gasteiger charge is -2.52. The Balaban J connectivity index is 1.78. The fraction of sp³-hybridized carbons (Fsp3) is 0.976. The van der Waals surface area contributed by atoms with Crippen LogP contribution in [-0.4, -0.2) is 366 Å². The molecule has 0 aromatic rings. The summed E-state index contributed by atoms with van der Waals surface area (Å²) in [6.07, 6.45) is -73.3. The normalized spacial score (nSPS) is 40.5. The predicted octanol–water partition coefficient (Wildman–Crippen LogP) is -13.5. The van der Waals surface area contributed by atoms with Crippen molar-refractivity contribution >= 4 is 45.1 Å². The molecule has 0 spiro atoms. The number of ether oxygens (including phenoxy) is 9. The summed E-state index contributed by atoms with van der Waals surface area (Å²) < 4.78 is 154. The van der Waals surface area contributed by atoms with Gasteiger partial charge < -0.3 is 176 Å². The number of carbonyl (C=O) groups is 1. The Labute approximate surface area is 533 Å². The van der Waals surface area contributed by atoms with Crippen LogP contribution < -0.4 is 17.2 Å². The molecule has 0 aliphatic carbocycles. The number of aliphatic hydroxyl groups is 16. The van der Waals surface area contributed by atoms with E-state index in [1.807, 2.05) is 0 Å². The number of carboxylic acid groups (broad SMARTS) is 1. The predicted molar refractivity (Wildman–Crippen MR) is 289 cm³/mol. The van der Waals surface area contributed by atoms with Gasteiger partial charge in [0.1, 0.15) is 140 Å². The Morgan fingerprint density at radius 3 is 1.46 bits per heavy atom. The third-order valence-electron chi connectivity index (χ3n) is 14.2. The molecule has 32 atom stereocenters. The van der Waals surface area contributed by atoms with E-state index in [1.165, 1.54) is 0 Å². The van der Waals surface area contributed by atoms with Crippen molar-refractivity contribution in [1.29, 1.82) is 0 Å². The first kappa shape index (κ1) is 84.6. The maximum atomic E-state index is 13.5. The first-order chi connectivity index (χ1) is 44.1. The molecule has 5 saturated heterocycles. The summed E-state index contributed by atoms with van der Waals surface area (Å²) in [5.74, 6) is -6.12. The average Bonchev–Trinajstić information content (AvgIpc) is 0.761. The second kappa shape index (κ2) is 35.9. The molecule has 0 amide bonds. The average molecular weight is 1510 g/mol. The fourth-order valence-corrected chi connectivity index (χ4v) is 14.6. The lowest BCUT2D eigenvalue weighted by molar-refractivity contribution is -0.413. The highest BCUT2D eigenvalue weighted by Crippen LogP contribution is 2.62. The number of aliphatic hydroxyl groups excluding tert-OH is 15. The van der Waals surface area contributed by atoms with Crippen molar-refractivity contribution in [3.8, 4) is 0 Å². The number of hydrogen-bond acceptors (Lipinski definition) is 42. The van der Waals surface area contributed by atoms with Crippen molar-refractivity contribution in [3.63, 3.8) is 0 Å². The van der Waals surface area contributed by atoms with Gasteiger partial charge in [0.05, 0.1) is 52.9 Å². The van der Waals surface area contributed by atoms with E-state index in [-0.39, 0.29) is 0 Å². The van der Waals surface area contributed by atoms with Crippen LogP contribution >= 0.6 is 39.1 Å². The smallest absolute Gasteiger partial charge is 0.477 e. The highest BCUT2D eigenvalue weighted by molar-refractivity contribution is 7.61. The number of carboxylic acids is 1. The van der Waals surface area contributed by atoms with Gasteiger partial charge in [-0.25, -0.2) is 27.6 Å². The van der Waals surface area contributed by atoms with Gasteiger partial charge in [-0.1, -0.05) is 0 Å². The Morgan fingerprint density at radius 1 is 0.474 bits per heavy atom. The topological polar surface area (TPSA) is 803 Å². The molecule has 5 rings (SSSR count). The van der Waals surface area contributed by atoms with E-state index in [2.05, 4.69) is 17.9 Å². The molecule has 0 aromatic heterocycles. The van der Waals surface area contributed by atoms with Crippen molar-refractivity contribution in [3.05, 3.63) is 0 Å². The van der Waals surface area contributed by atoms with Crippen LogP contribution in [0.4, 0.5) is 0 Å². The molecule has 5 heterocycles. The summed E-state index contributed by atoms with van der Waals surface area (Å²) in [4.78, 5) is 73.8. The Hall–Kier alpha value is -1.06. The van der Waals surface area contributed by atoms with Gasteiger partial charge in [0.25, 0.3) is 5.79 Å². The summed E-state index contributed by atoms with van der Waals surface area (Å²) >= 11 is 0. The van der Waals surface area contributed by atoms with Crippen LogP contribution in [0.25, 0.3) is 0 Å². The van der Waals surface area contributed by atoms with Crippen LogP contribution in [0, 0.1) is 0 Å².